The van der Waals surface area contributed by atoms with Gasteiger partial charge in [0, 0.05) is 20.0 Å². The molecule has 0 aromatic heterocycles. The van der Waals surface area contributed by atoms with Crippen LogP contribution in [0.5, 0.6) is 11.5 Å². The average Bonchev–Trinajstić information content (AvgIpc) is 2.48. The zero-order valence-electron chi connectivity index (χ0n) is 12.9. The monoisotopic (exact) mass is 310 g/mol. The van der Waals surface area contributed by atoms with Gasteiger partial charge in [0.05, 0.1) is 11.6 Å². The van der Waals surface area contributed by atoms with Crippen LogP contribution in [-0.2, 0) is 9.59 Å². The minimum absolute atomic E-state index is 0.00172. The third-order valence-electron chi connectivity index (χ3n) is 3.81. The number of amides is 2. The molecule has 1 heterocycles. The Kier molecular flexibility index (Phi) is 4.28. The Morgan fingerprint density at radius 1 is 1.04 bits per heavy atom. The molecule has 1 aliphatic heterocycles. The summed E-state index contributed by atoms with van der Waals surface area (Å²) in [7, 11) is 0. The third-order valence-corrected chi connectivity index (χ3v) is 3.81. The maximum atomic E-state index is 12.3. The van der Waals surface area contributed by atoms with Crippen molar-refractivity contribution in [1.29, 1.82) is 0 Å². The Hall–Kier alpha value is -2.82. The number of rotatable bonds is 4. The molecule has 0 atom stereocenters. The smallest absolute Gasteiger partial charge is 0.231 e. The largest absolute Gasteiger partial charge is 0.455 e. The lowest BCUT2D eigenvalue weighted by Crippen LogP contribution is -2.53. The van der Waals surface area contributed by atoms with E-state index >= 15 is 0 Å². The highest BCUT2D eigenvalue weighted by atomic mass is 16.5. The lowest BCUT2D eigenvalue weighted by atomic mass is 9.99. The number of benzene rings is 2. The Morgan fingerprint density at radius 2 is 1.70 bits per heavy atom. The summed E-state index contributed by atoms with van der Waals surface area (Å²) in [5.74, 6) is 1.05. The molecule has 1 N–H and O–H groups in total. The van der Waals surface area contributed by atoms with Crippen molar-refractivity contribution in [3.63, 3.8) is 0 Å². The number of hydrogen-bond acceptors (Lipinski definition) is 3. The quantitative estimate of drug-likeness (QED) is 0.944. The molecule has 5 nitrogen and oxygen atoms in total. The van der Waals surface area contributed by atoms with Gasteiger partial charge in [0.25, 0.3) is 0 Å². The van der Waals surface area contributed by atoms with Crippen LogP contribution in [0.3, 0.4) is 0 Å². The second-order valence-electron chi connectivity index (χ2n) is 5.52. The molecule has 5 heteroatoms. The molecule has 1 fully saturated rings. The molecule has 0 aliphatic carbocycles. The number of ether oxygens (including phenoxy) is 1. The van der Waals surface area contributed by atoms with Crippen molar-refractivity contribution in [2.24, 2.45) is 5.92 Å². The van der Waals surface area contributed by atoms with Gasteiger partial charge in [0.15, 0.2) is 5.75 Å². The number of nitrogens with one attached hydrogen (secondary N) is 1. The highest BCUT2D eigenvalue weighted by Gasteiger charge is 2.34. The second kappa shape index (κ2) is 6.52. The Morgan fingerprint density at radius 3 is 2.39 bits per heavy atom. The van der Waals surface area contributed by atoms with Crippen molar-refractivity contribution in [2.75, 3.05) is 18.4 Å². The van der Waals surface area contributed by atoms with Crippen LogP contribution < -0.4 is 10.1 Å². The summed E-state index contributed by atoms with van der Waals surface area (Å²) in [6.07, 6.45) is 0. The zero-order chi connectivity index (χ0) is 16.2. The summed E-state index contributed by atoms with van der Waals surface area (Å²) in [6.45, 7) is 2.46. The maximum absolute atomic E-state index is 12.3. The van der Waals surface area contributed by atoms with Crippen LogP contribution in [0.15, 0.2) is 54.6 Å². The summed E-state index contributed by atoms with van der Waals surface area (Å²) in [5, 5.41) is 2.89. The summed E-state index contributed by atoms with van der Waals surface area (Å²) in [4.78, 5) is 25.1. The third kappa shape index (κ3) is 3.51. The van der Waals surface area contributed by atoms with Crippen LogP contribution in [0, 0.1) is 5.92 Å². The molecule has 118 valence electrons. The summed E-state index contributed by atoms with van der Waals surface area (Å²) < 4.78 is 5.82. The fourth-order valence-electron chi connectivity index (χ4n) is 2.41. The molecule has 0 saturated carbocycles. The molecule has 0 unspecified atom stereocenters. The molecule has 2 aromatic carbocycles. The van der Waals surface area contributed by atoms with Gasteiger partial charge in [-0.05, 0) is 24.3 Å². The lowest BCUT2D eigenvalue weighted by Gasteiger charge is -2.37. The highest BCUT2D eigenvalue weighted by molar-refractivity contribution is 5.95. The van der Waals surface area contributed by atoms with Gasteiger partial charge in [-0.2, -0.15) is 0 Å². The van der Waals surface area contributed by atoms with Crippen molar-refractivity contribution < 1.29 is 14.3 Å². The van der Waals surface area contributed by atoms with E-state index < -0.39 is 0 Å². The molecule has 0 bridgehead atoms. The van der Waals surface area contributed by atoms with Crippen LogP contribution in [0.4, 0.5) is 5.69 Å². The minimum atomic E-state index is -0.163. The van der Waals surface area contributed by atoms with Gasteiger partial charge in [-0.1, -0.05) is 30.3 Å². The summed E-state index contributed by atoms with van der Waals surface area (Å²) in [6, 6.07) is 16.7. The second-order valence-corrected chi connectivity index (χ2v) is 5.52. The van der Waals surface area contributed by atoms with Gasteiger partial charge in [-0.25, -0.2) is 0 Å². The average molecular weight is 310 g/mol. The minimum Gasteiger partial charge on any atom is -0.455 e. The molecule has 2 amide bonds. The van der Waals surface area contributed by atoms with E-state index in [1.54, 1.807) is 11.0 Å². The van der Waals surface area contributed by atoms with Crippen molar-refractivity contribution in [2.45, 2.75) is 6.92 Å². The normalized spacial score (nSPS) is 14.0. The lowest BCUT2D eigenvalue weighted by molar-refractivity contribution is -0.139. The summed E-state index contributed by atoms with van der Waals surface area (Å²) >= 11 is 0. The predicted molar refractivity (Wildman–Crippen MR) is 87.3 cm³/mol. The van der Waals surface area contributed by atoms with E-state index in [1.165, 1.54) is 6.92 Å². The Bertz CT molecular complexity index is 709. The molecule has 0 radical (unpaired) electrons. The number of carbonyl (C=O) groups is 2. The van der Waals surface area contributed by atoms with Crippen molar-refractivity contribution in [1.82, 2.24) is 4.90 Å². The first-order valence-corrected chi connectivity index (χ1v) is 7.52. The van der Waals surface area contributed by atoms with E-state index in [0.717, 1.165) is 0 Å². The Balaban J connectivity index is 1.66. The van der Waals surface area contributed by atoms with Crippen molar-refractivity contribution >= 4 is 17.5 Å². The van der Waals surface area contributed by atoms with Crippen LogP contribution in [0.1, 0.15) is 6.92 Å². The predicted octanol–water partition coefficient (Wildman–Crippen LogP) is 2.90. The van der Waals surface area contributed by atoms with Crippen LogP contribution >= 0.6 is 0 Å². The number of nitrogens with zero attached hydrogens (tertiary/aromatic N) is 1. The maximum Gasteiger partial charge on any atom is 0.231 e. The molecule has 1 saturated heterocycles. The molecular formula is C18H18N2O3. The fraction of sp³-hybridized carbons (Fsp3) is 0.222. The first-order valence-electron chi connectivity index (χ1n) is 7.52. The topological polar surface area (TPSA) is 58.6 Å². The van der Waals surface area contributed by atoms with Gasteiger partial charge >= 0.3 is 0 Å². The first-order chi connectivity index (χ1) is 11.1. The zero-order valence-corrected chi connectivity index (χ0v) is 12.9. The van der Waals surface area contributed by atoms with E-state index in [9.17, 15) is 9.59 Å². The molecular weight excluding hydrogens is 292 g/mol. The standard InChI is InChI=1S/C18H18N2O3/c1-13(21)20-11-14(12-20)18(22)19-16-9-5-6-10-17(16)23-15-7-3-2-4-8-15/h2-10,14H,11-12H2,1H3,(H,19,22). The summed E-state index contributed by atoms with van der Waals surface area (Å²) in [5.41, 5.74) is 0.627. The van der Waals surface area contributed by atoms with Gasteiger partial charge in [0.2, 0.25) is 11.8 Å². The Labute approximate surface area is 134 Å². The number of para-hydroxylation sites is 3. The van der Waals surface area contributed by atoms with Gasteiger partial charge < -0.3 is 15.0 Å². The molecule has 23 heavy (non-hydrogen) atoms. The molecule has 1 aliphatic rings. The fourth-order valence-corrected chi connectivity index (χ4v) is 2.41. The van der Waals surface area contributed by atoms with Crippen molar-refractivity contribution in [3.05, 3.63) is 54.6 Å². The SMILES string of the molecule is CC(=O)N1CC(C(=O)Nc2ccccc2Oc2ccccc2)C1. The molecule has 0 spiro atoms. The molecule has 2 aromatic rings. The van der Waals surface area contributed by atoms with Gasteiger partial charge in [0.1, 0.15) is 5.75 Å². The number of likely N-dealkylation sites (tertiary alicyclic amines) is 1. The molecule has 3 rings (SSSR count). The van der Waals surface area contributed by atoms with E-state index in [-0.39, 0.29) is 17.7 Å². The van der Waals surface area contributed by atoms with Crippen LogP contribution in [-0.4, -0.2) is 29.8 Å². The van der Waals surface area contributed by atoms with Crippen molar-refractivity contribution in [3.8, 4) is 11.5 Å². The van der Waals surface area contributed by atoms with E-state index in [4.69, 9.17) is 4.74 Å². The van der Waals surface area contributed by atoms with E-state index in [0.29, 0.717) is 30.3 Å². The van der Waals surface area contributed by atoms with E-state index in [2.05, 4.69) is 5.32 Å². The van der Waals surface area contributed by atoms with Gasteiger partial charge in [-0.3, -0.25) is 9.59 Å². The van der Waals surface area contributed by atoms with Gasteiger partial charge in [-0.15, -0.1) is 0 Å². The van der Waals surface area contributed by atoms with E-state index in [1.807, 2.05) is 48.5 Å². The number of hydrogen-bond donors (Lipinski definition) is 1. The first kappa shape index (κ1) is 15.1. The highest BCUT2D eigenvalue weighted by Crippen LogP contribution is 2.30. The van der Waals surface area contributed by atoms with Crippen LogP contribution in [0.2, 0.25) is 0 Å². The number of carbonyl (C=O) groups excluding carboxylic acids is 2. The number of anilines is 1. The van der Waals surface area contributed by atoms with Crippen LogP contribution in [0.25, 0.3) is 0 Å².